The minimum absolute atomic E-state index is 0.0659. The molecular formula is C10H6Cl3NO2. The Balaban J connectivity index is 2.74. The molecule has 0 amide bonds. The molecule has 0 radical (unpaired) electrons. The van der Waals surface area contributed by atoms with Crippen molar-refractivity contribution in [1.82, 2.24) is 0 Å². The third kappa shape index (κ3) is 1.79. The third-order valence-corrected chi connectivity index (χ3v) is 3.14. The first-order valence-corrected chi connectivity index (χ1v) is 5.70. The fraction of sp³-hybridized carbons (Fsp3) is 0.200. The second-order valence-corrected chi connectivity index (χ2v) is 4.41. The molecule has 0 saturated carbocycles. The van der Waals surface area contributed by atoms with Crippen LogP contribution < -0.4 is 0 Å². The molecule has 0 bridgehead atoms. The van der Waals surface area contributed by atoms with Crippen molar-refractivity contribution in [3.8, 4) is 5.75 Å². The minimum atomic E-state index is -0.239. The van der Waals surface area contributed by atoms with Gasteiger partial charge in [0.05, 0.1) is 27.9 Å². The minimum Gasteiger partial charge on any atom is -0.504 e. The van der Waals surface area contributed by atoms with Crippen LogP contribution in [0.2, 0.25) is 10.0 Å². The Hall–Kier alpha value is -0.770. The molecule has 1 aliphatic rings. The highest BCUT2D eigenvalue weighted by atomic mass is 35.5. The zero-order valence-electron chi connectivity index (χ0n) is 7.93. The zero-order chi connectivity index (χ0) is 11.9. The van der Waals surface area contributed by atoms with Gasteiger partial charge in [-0.3, -0.25) is 9.79 Å². The molecule has 1 aromatic rings. The van der Waals surface area contributed by atoms with E-state index in [1.165, 1.54) is 6.07 Å². The lowest BCUT2D eigenvalue weighted by atomic mass is 10.00. The van der Waals surface area contributed by atoms with Gasteiger partial charge >= 0.3 is 0 Å². The van der Waals surface area contributed by atoms with Crippen molar-refractivity contribution in [1.29, 1.82) is 0 Å². The van der Waals surface area contributed by atoms with Crippen molar-refractivity contribution in [2.24, 2.45) is 4.99 Å². The van der Waals surface area contributed by atoms with Crippen molar-refractivity contribution in [3.63, 3.8) is 0 Å². The molecule has 1 aromatic carbocycles. The molecule has 0 saturated heterocycles. The summed E-state index contributed by atoms with van der Waals surface area (Å²) < 4.78 is 0. The van der Waals surface area contributed by atoms with Crippen LogP contribution in [0, 0.1) is 0 Å². The Morgan fingerprint density at radius 1 is 1.38 bits per heavy atom. The smallest absolute Gasteiger partial charge is 0.172 e. The first-order chi connectivity index (χ1) is 7.54. The van der Waals surface area contributed by atoms with Gasteiger partial charge in [-0.2, -0.15) is 0 Å². The maximum atomic E-state index is 11.8. The molecule has 2 rings (SSSR count). The van der Waals surface area contributed by atoms with Gasteiger partial charge in [0, 0.05) is 5.71 Å². The standard InChI is InChI=1S/C10H6Cl3NO2/c11-3-4-1-7(15)8-5(12)2-6(13)10(16)9(8)14-4/h2,16H,1,3H2. The van der Waals surface area contributed by atoms with Crippen molar-refractivity contribution in [2.45, 2.75) is 6.42 Å². The average molecular weight is 279 g/mol. The molecule has 6 heteroatoms. The van der Waals surface area contributed by atoms with Crippen molar-refractivity contribution in [2.75, 3.05) is 5.88 Å². The predicted octanol–water partition coefficient (Wildman–Crippen LogP) is 3.60. The van der Waals surface area contributed by atoms with E-state index >= 15 is 0 Å². The summed E-state index contributed by atoms with van der Waals surface area (Å²) in [6.45, 7) is 0. The number of carbonyl (C=O) groups is 1. The van der Waals surface area contributed by atoms with Crippen LogP contribution in [0.15, 0.2) is 11.1 Å². The number of phenols is 1. The second-order valence-electron chi connectivity index (χ2n) is 3.32. The molecule has 0 atom stereocenters. The maximum absolute atomic E-state index is 11.8. The summed E-state index contributed by atoms with van der Waals surface area (Å²) in [6.07, 6.45) is 0.122. The van der Waals surface area contributed by atoms with E-state index in [-0.39, 0.29) is 45.1 Å². The quantitative estimate of drug-likeness (QED) is 0.798. The predicted molar refractivity (Wildman–Crippen MR) is 64.9 cm³/mol. The monoisotopic (exact) mass is 277 g/mol. The number of fused-ring (bicyclic) bond motifs is 1. The summed E-state index contributed by atoms with van der Waals surface area (Å²) in [5.74, 6) is -0.316. The number of aliphatic imine (C=N–C) groups is 1. The number of ketones is 1. The molecule has 84 valence electrons. The summed E-state index contributed by atoms with van der Waals surface area (Å²) >= 11 is 17.2. The summed E-state index contributed by atoms with van der Waals surface area (Å²) in [5, 5.41) is 9.97. The van der Waals surface area contributed by atoms with Gasteiger partial charge in [0.15, 0.2) is 11.5 Å². The first-order valence-electron chi connectivity index (χ1n) is 4.41. The van der Waals surface area contributed by atoms with E-state index in [1.54, 1.807) is 0 Å². The van der Waals surface area contributed by atoms with E-state index in [1.807, 2.05) is 0 Å². The third-order valence-electron chi connectivity index (χ3n) is 2.25. The van der Waals surface area contributed by atoms with Gasteiger partial charge in [0.25, 0.3) is 0 Å². The van der Waals surface area contributed by atoms with E-state index < -0.39 is 0 Å². The van der Waals surface area contributed by atoms with Crippen LogP contribution in [0.25, 0.3) is 0 Å². The molecule has 16 heavy (non-hydrogen) atoms. The Labute approximate surface area is 107 Å². The molecule has 1 aliphatic heterocycles. The van der Waals surface area contributed by atoms with Gasteiger partial charge < -0.3 is 5.11 Å². The SMILES string of the molecule is O=C1CC(CCl)=Nc2c(O)c(Cl)cc(Cl)c21. The number of nitrogens with zero attached hydrogens (tertiary/aromatic N) is 1. The fourth-order valence-electron chi connectivity index (χ4n) is 1.52. The number of rotatable bonds is 1. The topological polar surface area (TPSA) is 49.7 Å². The number of Topliss-reactive ketones (excluding diaryl/α,β-unsaturated/α-hetero) is 1. The van der Waals surface area contributed by atoms with Crippen LogP contribution in [0.5, 0.6) is 5.75 Å². The first kappa shape index (κ1) is 11.7. The highest BCUT2D eigenvalue weighted by molar-refractivity contribution is 6.40. The molecule has 0 fully saturated rings. The number of hydrogen-bond donors (Lipinski definition) is 1. The Morgan fingerprint density at radius 2 is 2.06 bits per heavy atom. The summed E-state index contributed by atoms with van der Waals surface area (Å²) in [4.78, 5) is 15.8. The van der Waals surface area contributed by atoms with Gasteiger partial charge in [-0.25, -0.2) is 0 Å². The largest absolute Gasteiger partial charge is 0.504 e. The maximum Gasteiger partial charge on any atom is 0.172 e. The van der Waals surface area contributed by atoms with Crippen LogP contribution in [0.3, 0.4) is 0 Å². The molecule has 0 unspecified atom stereocenters. The summed E-state index contributed by atoms with van der Waals surface area (Å²) in [7, 11) is 0. The number of aromatic hydroxyl groups is 1. The van der Waals surface area contributed by atoms with Crippen LogP contribution in [-0.2, 0) is 0 Å². The van der Waals surface area contributed by atoms with E-state index in [9.17, 15) is 9.90 Å². The van der Waals surface area contributed by atoms with Crippen molar-refractivity contribution < 1.29 is 9.90 Å². The lowest BCUT2D eigenvalue weighted by Crippen LogP contribution is -2.15. The number of alkyl halides is 1. The fourth-order valence-corrected chi connectivity index (χ4v) is 2.23. The molecule has 0 aliphatic carbocycles. The number of carbonyl (C=O) groups excluding carboxylic acids is 1. The van der Waals surface area contributed by atoms with E-state index in [2.05, 4.69) is 4.99 Å². The van der Waals surface area contributed by atoms with Crippen LogP contribution in [0.1, 0.15) is 16.8 Å². The van der Waals surface area contributed by atoms with Gasteiger partial charge in [-0.05, 0) is 6.07 Å². The van der Waals surface area contributed by atoms with Crippen LogP contribution in [0.4, 0.5) is 5.69 Å². The lowest BCUT2D eigenvalue weighted by Gasteiger charge is -2.16. The lowest BCUT2D eigenvalue weighted by molar-refractivity contribution is 0.0999. The highest BCUT2D eigenvalue weighted by Crippen LogP contribution is 2.43. The molecular weight excluding hydrogens is 272 g/mol. The summed E-state index contributed by atoms with van der Waals surface area (Å²) in [5.41, 5.74) is 0.814. The number of hydrogen-bond acceptors (Lipinski definition) is 3. The van der Waals surface area contributed by atoms with Gasteiger partial charge in [-0.1, -0.05) is 23.2 Å². The molecule has 1 N–H and O–H groups in total. The normalized spacial score (nSPS) is 14.7. The number of phenolic OH excluding ortho intramolecular Hbond substituents is 1. The van der Waals surface area contributed by atoms with E-state index in [0.717, 1.165) is 0 Å². The summed E-state index contributed by atoms with van der Waals surface area (Å²) in [6, 6.07) is 1.33. The Bertz CT molecular complexity index is 511. The van der Waals surface area contributed by atoms with Crippen LogP contribution in [-0.4, -0.2) is 22.5 Å². The highest BCUT2D eigenvalue weighted by Gasteiger charge is 2.26. The molecule has 0 spiro atoms. The Kier molecular flexibility index (Phi) is 3.10. The zero-order valence-corrected chi connectivity index (χ0v) is 10.2. The molecule has 0 aromatic heterocycles. The second kappa shape index (κ2) is 4.24. The van der Waals surface area contributed by atoms with Gasteiger partial charge in [0.1, 0.15) is 5.69 Å². The van der Waals surface area contributed by atoms with E-state index in [4.69, 9.17) is 34.8 Å². The van der Waals surface area contributed by atoms with Gasteiger partial charge in [0.2, 0.25) is 0 Å². The molecule has 1 heterocycles. The number of benzene rings is 1. The Morgan fingerprint density at radius 3 is 2.69 bits per heavy atom. The van der Waals surface area contributed by atoms with Crippen LogP contribution >= 0.6 is 34.8 Å². The average Bonchev–Trinajstić information content (AvgIpc) is 2.24. The van der Waals surface area contributed by atoms with Crippen molar-refractivity contribution in [3.05, 3.63) is 21.7 Å². The van der Waals surface area contributed by atoms with Gasteiger partial charge in [-0.15, -0.1) is 11.6 Å². The van der Waals surface area contributed by atoms with Crippen molar-refractivity contribution >= 4 is 52.0 Å². The molecule has 3 nitrogen and oxygen atoms in total. The van der Waals surface area contributed by atoms with E-state index in [0.29, 0.717) is 5.71 Å². The number of halogens is 3.